The van der Waals surface area contributed by atoms with Gasteiger partial charge in [0.2, 0.25) is 0 Å². The molecule has 0 radical (unpaired) electrons. The molecule has 0 atom stereocenters. The van der Waals surface area contributed by atoms with E-state index in [1.54, 1.807) is 67.6 Å². The number of aromatic hydroxyl groups is 1. The summed E-state index contributed by atoms with van der Waals surface area (Å²) >= 11 is 3.35. The molecule has 0 aliphatic rings. The second-order valence-electron chi connectivity index (χ2n) is 6.76. The number of amides is 2. The molecular weight excluding hydrogens is 486 g/mol. The average molecular weight is 508 g/mol. The molecule has 3 rings (SSSR count). The minimum absolute atomic E-state index is 0.0145. The molecule has 0 saturated heterocycles. The van der Waals surface area contributed by atoms with Crippen molar-refractivity contribution in [3.8, 4) is 11.5 Å². The van der Waals surface area contributed by atoms with Gasteiger partial charge in [-0.05, 0) is 42.8 Å². The smallest absolute Gasteiger partial charge is 0.287 e. The molecule has 0 aromatic heterocycles. The molecule has 3 N–H and O–H groups in total. The molecule has 7 nitrogen and oxygen atoms in total. The second-order valence-corrected chi connectivity index (χ2v) is 7.68. The van der Waals surface area contributed by atoms with E-state index in [-0.39, 0.29) is 11.4 Å². The first kappa shape index (κ1) is 23.7. The standard InChI is InChI=1S/C25H22BrN3O4/c1-2-33-22-15-20(26)14-19(23(22)30)16-27-29-25(32)21(13-17-9-5-3-6-10-17)28-24(31)18-11-7-4-8-12-18/h3-16,30H,2H2,1H3,(H,28,31)(H,29,32)/b21-13-,27-16?. The summed E-state index contributed by atoms with van der Waals surface area (Å²) in [6.45, 7) is 2.19. The fourth-order valence-electron chi connectivity index (χ4n) is 2.84. The fourth-order valence-corrected chi connectivity index (χ4v) is 3.29. The Labute approximate surface area is 199 Å². The molecule has 0 saturated carbocycles. The van der Waals surface area contributed by atoms with Crippen molar-refractivity contribution in [2.24, 2.45) is 5.10 Å². The van der Waals surface area contributed by atoms with E-state index >= 15 is 0 Å². The molecule has 0 aliphatic heterocycles. The lowest BCUT2D eigenvalue weighted by molar-refractivity contribution is -0.117. The Hall–Kier alpha value is -3.91. The number of nitrogens with zero attached hydrogens (tertiary/aromatic N) is 1. The van der Waals surface area contributed by atoms with E-state index in [1.165, 1.54) is 6.21 Å². The van der Waals surface area contributed by atoms with Crippen LogP contribution in [-0.4, -0.2) is 29.7 Å². The third-order valence-electron chi connectivity index (χ3n) is 4.38. The zero-order valence-electron chi connectivity index (χ0n) is 17.8. The summed E-state index contributed by atoms with van der Waals surface area (Å²) in [4.78, 5) is 25.4. The monoisotopic (exact) mass is 507 g/mol. The normalized spacial score (nSPS) is 11.3. The number of halogens is 1. The van der Waals surface area contributed by atoms with Crippen LogP contribution < -0.4 is 15.5 Å². The van der Waals surface area contributed by atoms with Crippen molar-refractivity contribution in [2.75, 3.05) is 6.61 Å². The number of benzene rings is 3. The molecular formula is C25H22BrN3O4. The molecule has 0 heterocycles. The van der Waals surface area contributed by atoms with Crippen molar-refractivity contribution in [3.05, 3.63) is 99.7 Å². The van der Waals surface area contributed by atoms with Crippen molar-refractivity contribution >= 4 is 40.0 Å². The zero-order chi connectivity index (χ0) is 23.6. The van der Waals surface area contributed by atoms with Crippen LogP contribution in [-0.2, 0) is 4.79 Å². The third-order valence-corrected chi connectivity index (χ3v) is 4.84. The van der Waals surface area contributed by atoms with Crippen molar-refractivity contribution < 1.29 is 19.4 Å². The van der Waals surface area contributed by atoms with Crippen molar-refractivity contribution in [3.63, 3.8) is 0 Å². The van der Waals surface area contributed by atoms with Gasteiger partial charge in [-0.2, -0.15) is 5.10 Å². The summed E-state index contributed by atoms with van der Waals surface area (Å²) in [7, 11) is 0. The van der Waals surface area contributed by atoms with Crippen LogP contribution in [0.3, 0.4) is 0 Å². The SMILES string of the molecule is CCOc1cc(Br)cc(C=NNC(=O)/C(=C/c2ccccc2)NC(=O)c2ccccc2)c1O. The summed E-state index contributed by atoms with van der Waals surface area (Å²) < 4.78 is 6.07. The van der Waals surface area contributed by atoms with Crippen LogP contribution in [0, 0.1) is 0 Å². The van der Waals surface area contributed by atoms with Crippen LogP contribution in [0.2, 0.25) is 0 Å². The summed E-state index contributed by atoms with van der Waals surface area (Å²) in [6.07, 6.45) is 2.84. The van der Waals surface area contributed by atoms with Crippen molar-refractivity contribution in [2.45, 2.75) is 6.92 Å². The van der Waals surface area contributed by atoms with Gasteiger partial charge in [0.25, 0.3) is 11.8 Å². The van der Waals surface area contributed by atoms with Crippen molar-refractivity contribution in [1.82, 2.24) is 10.7 Å². The van der Waals surface area contributed by atoms with E-state index in [0.717, 1.165) is 5.56 Å². The van der Waals surface area contributed by atoms with Gasteiger partial charge < -0.3 is 15.2 Å². The van der Waals surface area contributed by atoms with E-state index in [4.69, 9.17) is 4.74 Å². The van der Waals surface area contributed by atoms with Crippen molar-refractivity contribution in [1.29, 1.82) is 0 Å². The number of carbonyl (C=O) groups excluding carboxylic acids is 2. The maximum atomic E-state index is 12.8. The third kappa shape index (κ3) is 6.78. The van der Waals surface area contributed by atoms with Gasteiger partial charge in [0.1, 0.15) is 5.70 Å². The van der Waals surface area contributed by atoms with Gasteiger partial charge in [-0.1, -0.05) is 64.5 Å². The van der Waals surface area contributed by atoms with E-state index in [0.29, 0.717) is 28.0 Å². The molecule has 8 heteroatoms. The maximum absolute atomic E-state index is 12.8. The number of carbonyl (C=O) groups is 2. The van der Waals surface area contributed by atoms with Crippen LogP contribution in [0.5, 0.6) is 11.5 Å². The molecule has 3 aromatic carbocycles. The first-order valence-electron chi connectivity index (χ1n) is 10.1. The number of hydrogen-bond acceptors (Lipinski definition) is 5. The molecule has 2 amide bonds. The highest BCUT2D eigenvalue weighted by molar-refractivity contribution is 9.10. The summed E-state index contributed by atoms with van der Waals surface area (Å²) in [5.41, 5.74) is 3.88. The van der Waals surface area contributed by atoms with E-state index in [2.05, 4.69) is 31.8 Å². The highest BCUT2D eigenvalue weighted by Crippen LogP contribution is 2.32. The van der Waals surface area contributed by atoms with Crippen LogP contribution in [0.15, 0.2) is 88.1 Å². The zero-order valence-corrected chi connectivity index (χ0v) is 19.4. The number of nitrogens with one attached hydrogen (secondary N) is 2. The average Bonchev–Trinajstić information content (AvgIpc) is 2.82. The molecule has 0 fully saturated rings. The molecule has 168 valence electrons. The molecule has 0 bridgehead atoms. The van der Waals surface area contributed by atoms with Gasteiger partial charge in [-0.25, -0.2) is 5.43 Å². The van der Waals surface area contributed by atoms with Gasteiger partial charge in [-0.15, -0.1) is 0 Å². The number of phenols is 1. The fraction of sp³-hybridized carbons (Fsp3) is 0.0800. The second kappa shape index (κ2) is 11.6. The van der Waals surface area contributed by atoms with Gasteiger partial charge in [-0.3, -0.25) is 9.59 Å². The molecule has 33 heavy (non-hydrogen) atoms. The number of hydrazone groups is 1. The first-order valence-corrected chi connectivity index (χ1v) is 10.9. The largest absolute Gasteiger partial charge is 0.504 e. The van der Waals surface area contributed by atoms with Crippen LogP contribution in [0.4, 0.5) is 0 Å². The highest BCUT2D eigenvalue weighted by Gasteiger charge is 2.15. The Balaban J connectivity index is 1.81. The van der Waals surface area contributed by atoms with Gasteiger partial charge >= 0.3 is 0 Å². The van der Waals surface area contributed by atoms with Crippen LogP contribution in [0.25, 0.3) is 6.08 Å². The lowest BCUT2D eigenvalue weighted by atomic mass is 10.1. The van der Waals surface area contributed by atoms with E-state index < -0.39 is 11.8 Å². The Morgan fingerprint density at radius 3 is 2.39 bits per heavy atom. The minimum atomic E-state index is -0.626. The molecule has 0 spiro atoms. The predicted octanol–water partition coefficient (Wildman–Crippen LogP) is 4.47. The summed E-state index contributed by atoms with van der Waals surface area (Å²) in [5, 5.41) is 16.9. The topological polar surface area (TPSA) is 100 Å². The Bertz CT molecular complexity index is 1180. The van der Waals surface area contributed by atoms with Gasteiger partial charge in [0, 0.05) is 15.6 Å². The number of hydrogen-bond donors (Lipinski definition) is 3. The Kier molecular flexibility index (Phi) is 8.37. The lowest BCUT2D eigenvalue weighted by Crippen LogP contribution is -2.32. The number of phenolic OH excluding ortho intramolecular Hbond substituents is 1. The Morgan fingerprint density at radius 2 is 1.73 bits per heavy atom. The van der Waals surface area contributed by atoms with E-state index in [9.17, 15) is 14.7 Å². The van der Waals surface area contributed by atoms with Gasteiger partial charge in [0.05, 0.1) is 12.8 Å². The summed E-state index contributed by atoms with van der Waals surface area (Å²) in [5.74, 6) is -0.864. The maximum Gasteiger partial charge on any atom is 0.287 e. The highest BCUT2D eigenvalue weighted by atomic mass is 79.9. The molecule has 0 aliphatic carbocycles. The van der Waals surface area contributed by atoms with Gasteiger partial charge in [0.15, 0.2) is 11.5 Å². The quantitative estimate of drug-likeness (QED) is 0.238. The lowest BCUT2D eigenvalue weighted by Gasteiger charge is -2.10. The first-order chi connectivity index (χ1) is 16.0. The molecule has 0 unspecified atom stereocenters. The summed E-state index contributed by atoms with van der Waals surface area (Å²) in [6, 6.07) is 20.9. The van der Waals surface area contributed by atoms with Crippen LogP contribution >= 0.6 is 15.9 Å². The van der Waals surface area contributed by atoms with E-state index in [1.807, 2.05) is 18.2 Å². The Morgan fingerprint density at radius 1 is 1.06 bits per heavy atom. The molecule has 3 aromatic rings. The van der Waals surface area contributed by atoms with Crippen LogP contribution in [0.1, 0.15) is 28.4 Å². The minimum Gasteiger partial charge on any atom is -0.504 e. The number of ether oxygens (including phenoxy) is 1. The number of rotatable bonds is 8. The predicted molar refractivity (Wildman–Crippen MR) is 131 cm³/mol.